The van der Waals surface area contributed by atoms with Gasteiger partial charge in [0.15, 0.2) is 0 Å². The summed E-state index contributed by atoms with van der Waals surface area (Å²) in [6.45, 7) is 8.10. The Morgan fingerprint density at radius 2 is 2.10 bits per heavy atom. The number of ether oxygens (including phenoxy) is 2. The van der Waals surface area contributed by atoms with Crippen molar-refractivity contribution in [1.82, 2.24) is 19.9 Å². The van der Waals surface area contributed by atoms with E-state index in [4.69, 9.17) is 14.5 Å². The third kappa shape index (κ3) is 3.41. The minimum Gasteiger partial charge on any atom is -0.376 e. The second kappa shape index (κ2) is 7.30. The molecule has 3 aliphatic heterocycles. The number of likely N-dealkylation sites (tertiary alicyclic amines) is 1. The molecule has 1 spiro atoms. The van der Waals surface area contributed by atoms with Gasteiger partial charge in [-0.3, -0.25) is 4.79 Å². The second-order valence-corrected chi connectivity index (χ2v) is 9.05. The molecule has 0 saturated carbocycles. The molecule has 5 rings (SSSR count). The van der Waals surface area contributed by atoms with E-state index >= 15 is 0 Å². The molecule has 0 unspecified atom stereocenters. The number of fused-ring (bicyclic) bond motifs is 2. The van der Waals surface area contributed by atoms with E-state index in [1.165, 1.54) is 11.3 Å². The van der Waals surface area contributed by atoms with Crippen molar-refractivity contribution in [2.24, 2.45) is 0 Å². The summed E-state index contributed by atoms with van der Waals surface area (Å²) >= 11 is 1.44. The third-order valence-corrected chi connectivity index (χ3v) is 6.57. The summed E-state index contributed by atoms with van der Waals surface area (Å²) in [6.07, 6.45) is 3.03. The molecule has 154 valence electrons. The van der Waals surface area contributed by atoms with E-state index in [1.54, 1.807) is 10.9 Å². The van der Waals surface area contributed by atoms with E-state index in [9.17, 15) is 4.79 Å². The van der Waals surface area contributed by atoms with Gasteiger partial charge in [0.2, 0.25) is 5.95 Å². The van der Waals surface area contributed by atoms with E-state index in [1.807, 2.05) is 11.1 Å². The maximum atomic E-state index is 12.8. The Bertz CT molecular complexity index is 898. The van der Waals surface area contributed by atoms with Crippen LogP contribution in [0.2, 0.25) is 0 Å². The van der Waals surface area contributed by atoms with Crippen LogP contribution in [0.25, 0.3) is 0 Å². The molecular weight excluding hydrogens is 390 g/mol. The molecule has 5 heterocycles. The number of thiazole rings is 1. The van der Waals surface area contributed by atoms with Crippen LogP contribution in [0.5, 0.6) is 0 Å². The van der Waals surface area contributed by atoms with E-state index in [0.29, 0.717) is 32.0 Å². The van der Waals surface area contributed by atoms with E-state index < -0.39 is 0 Å². The van der Waals surface area contributed by atoms with Crippen molar-refractivity contribution in [3.05, 3.63) is 34.0 Å². The monoisotopic (exact) mass is 415 g/mol. The largest absolute Gasteiger partial charge is 0.376 e. The number of nitrogens with zero attached hydrogens (tertiary/aromatic N) is 5. The summed E-state index contributed by atoms with van der Waals surface area (Å²) in [5.74, 6) is 0.733. The molecule has 9 heteroatoms. The molecule has 0 aliphatic carbocycles. The minimum absolute atomic E-state index is 0.0136. The Hall–Kier alpha value is -2.10. The van der Waals surface area contributed by atoms with Gasteiger partial charge in [-0.25, -0.2) is 15.0 Å². The fourth-order valence-electron chi connectivity index (χ4n) is 4.72. The number of hydrogen-bond donors (Lipinski definition) is 0. The molecule has 0 bridgehead atoms. The number of hydrogen-bond acceptors (Lipinski definition) is 8. The molecule has 8 nitrogen and oxygen atoms in total. The maximum Gasteiger partial charge on any atom is 0.273 e. The lowest BCUT2D eigenvalue weighted by atomic mass is 9.80. The summed E-state index contributed by atoms with van der Waals surface area (Å²) in [5, 5.41) is 1.81. The molecule has 0 radical (unpaired) electrons. The predicted octanol–water partition coefficient (Wildman–Crippen LogP) is 1.86. The van der Waals surface area contributed by atoms with Crippen molar-refractivity contribution in [3.63, 3.8) is 0 Å². The Balaban J connectivity index is 1.43. The zero-order chi connectivity index (χ0) is 20.0. The topological polar surface area (TPSA) is 80.7 Å². The van der Waals surface area contributed by atoms with Gasteiger partial charge in [-0.2, -0.15) is 0 Å². The summed E-state index contributed by atoms with van der Waals surface area (Å²) < 4.78 is 11.8. The number of anilines is 1. The van der Waals surface area contributed by atoms with Gasteiger partial charge >= 0.3 is 0 Å². The first kappa shape index (κ1) is 18.9. The van der Waals surface area contributed by atoms with E-state index in [2.05, 4.69) is 28.7 Å². The fraction of sp³-hybridized carbons (Fsp3) is 0.600. The van der Waals surface area contributed by atoms with Gasteiger partial charge in [0, 0.05) is 43.3 Å². The quantitative estimate of drug-likeness (QED) is 0.741. The minimum atomic E-state index is -0.277. The smallest absolute Gasteiger partial charge is 0.273 e. The van der Waals surface area contributed by atoms with E-state index in [0.717, 1.165) is 36.7 Å². The van der Waals surface area contributed by atoms with Gasteiger partial charge in [-0.15, -0.1) is 11.3 Å². The lowest BCUT2D eigenvalue weighted by molar-refractivity contribution is -0.00584. The highest BCUT2D eigenvalue weighted by Gasteiger charge is 2.46. The first-order valence-electron chi connectivity index (χ1n) is 10.1. The van der Waals surface area contributed by atoms with Crippen LogP contribution >= 0.6 is 11.3 Å². The summed E-state index contributed by atoms with van der Waals surface area (Å²) in [6, 6.07) is 0. The Morgan fingerprint density at radius 3 is 2.86 bits per heavy atom. The predicted molar refractivity (Wildman–Crippen MR) is 108 cm³/mol. The normalized spacial score (nSPS) is 29.3. The highest BCUT2D eigenvalue weighted by molar-refractivity contribution is 7.07. The highest BCUT2D eigenvalue weighted by atomic mass is 32.1. The van der Waals surface area contributed by atoms with Crippen molar-refractivity contribution in [2.45, 2.75) is 44.5 Å². The molecule has 1 amide bonds. The third-order valence-electron chi connectivity index (χ3n) is 5.98. The number of carbonyl (C=O) groups is 1. The average Bonchev–Trinajstić information content (AvgIpc) is 3.38. The van der Waals surface area contributed by atoms with Crippen molar-refractivity contribution in [2.75, 3.05) is 37.7 Å². The lowest BCUT2D eigenvalue weighted by Crippen LogP contribution is -2.47. The van der Waals surface area contributed by atoms with E-state index in [-0.39, 0.29) is 23.5 Å². The second-order valence-electron chi connectivity index (χ2n) is 8.33. The fourth-order valence-corrected chi connectivity index (χ4v) is 5.24. The number of carbonyl (C=O) groups excluding carboxylic acids is 1. The van der Waals surface area contributed by atoms with Gasteiger partial charge in [0.05, 0.1) is 42.0 Å². The van der Waals surface area contributed by atoms with Crippen molar-refractivity contribution < 1.29 is 14.3 Å². The van der Waals surface area contributed by atoms with Crippen LogP contribution in [0.1, 0.15) is 42.0 Å². The maximum absolute atomic E-state index is 12.8. The molecule has 0 aromatic carbocycles. The van der Waals surface area contributed by atoms with Crippen molar-refractivity contribution in [1.29, 1.82) is 0 Å². The molecule has 0 N–H and O–H groups in total. The Morgan fingerprint density at radius 1 is 1.28 bits per heavy atom. The van der Waals surface area contributed by atoms with Crippen LogP contribution in [-0.2, 0) is 21.5 Å². The van der Waals surface area contributed by atoms with Crippen molar-refractivity contribution >= 4 is 23.2 Å². The zero-order valence-electron chi connectivity index (χ0n) is 16.7. The zero-order valence-corrected chi connectivity index (χ0v) is 17.5. The summed E-state index contributed by atoms with van der Waals surface area (Å²) in [7, 11) is 0. The standard InChI is InChI=1S/C20H25N5O3S/c1-13-6-25(7-14(2)28-13)19-21-5-15-8-27-11-20(17(15)23-19)3-4-24(10-20)18(26)16-9-29-12-22-16/h5,9,12-14H,3-4,6-8,10-11H2,1-2H3/t13-,14+,20-/m1/s1. The number of morpholine rings is 1. The van der Waals surface area contributed by atoms with Crippen LogP contribution in [0.3, 0.4) is 0 Å². The van der Waals surface area contributed by atoms with Crippen molar-refractivity contribution in [3.8, 4) is 0 Å². The van der Waals surface area contributed by atoms with Crippen LogP contribution in [-0.4, -0.2) is 70.8 Å². The molecule has 3 atom stereocenters. The Labute approximate surface area is 173 Å². The average molecular weight is 416 g/mol. The molecule has 2 aromatic rings. The first-order chi connectivity index (χ1) is 14.0. The van der Waals surface area contributed by atoms with Gasteiger partial charge in [-0.1, -0.05) is 0 Å². The number of rotatable bonds is 2. The van der Waals surface area contributed by atoms with Gasteiger partial charge < -0.3 is 19.3 Å². The summed E-state index contributed by atoms with van der Waals surface area (Å²) in [5.41, 5.74) is 4.00. The molecular formula is C20H25N5O3S. The Kier molecular flexibility index (Phi) is 4.76. The molecule has 3 aliphatic rings. The molecule has 2 fully saturated rings. The molecule has 2 saturated heterocycles. The van der Waals surface area contributed by atoms with Crippen LogP contribution in [0.4, 0.5) is 5.95 Å². The number of aromatic nitrogens is 3. The van der Waals surface area contributed by atoms with Gasteiger partial charge in [0.1, 0.15) is 5.69 Å². The number of amides is 1. The lowest BCUT2D eigenvalue weighted by Gasteiger charge is -2.38. The SMILES string of the molecule is C[C@@H]1CN(c2ncc3c(n2)[C@@]2(CCN(C(=O)c4cscn4)C2)COC3)C[C@H](C)O1. The summed E-state index contributed by atoms with van der Waals surface area (Å²) in [4.78, 5) is 30.7. The first-order valence-corrected chi connectivity index (χ1v) is 11.0. The highest BCUT2D eigenvalue weighted by Crippen LogP contribution is 2.40. The van der Waals surface area contributed by atoms with Crippen LogP contribution in [0.15, 0.2) is 17.1 Å². The molecule has 2 aromatic heterocycles. The van der Waals surface area contributed by atoms with Gasteiger partial charge in [-0.05, 0) is 20.3 Å². The van der Waals surface area contributed by atoms with Gasteiger partial charge in [0.25, 0.3) is 5.91 Å². The molecule has 29 heavy (non-hydrogen) atoms. The van der Waals surface area contributed by atoms with Crippen LogP contribution in [0, 0.1) is 0 Å². The van der Waals surface area contributed by atoms with Crippen LogP contribution < -0.4 is 4.90 Å².